The third-order valence-corrected chi connectivity index (χ3v) is 3.03. The highest BCUT2D eigenvalue weighted by Crippen LogP contribution is 2.27. The Bertz CT molecular complexity index is 397. The fraction of sp³-hybridized carbons (Fsp3) is 0.222. The van der Waals surface area contributed by atoms with E-state index in [1.165, 1.54) is 11.3 Å². The highest BCUT2D eigenvalue weighted by molar-refractivity contribution is 7.14. The molecule has 2 heterocycles. The smallest absolute Gasteiger partial charge is 0.124 e. The molecule has 0 aliphatic carbocycles. The van der Waals surface area contributed by atoms with Crippen LogP contribution in [0.25, 0.3) is 0 Å². The van der Waals surface area contributed by atoms with Gasteiger partial charge in [0.1, 0.15) is 6.10 Å². The van der Waals surface area contributed by atoms with Crippen LogP contribution in [-0.2, 0) is 7.05 Å². The van der Waals surface area contributed by atoms with Crippen molar-refractivity contribution in [3.8, 4) is 0 Å². The molecule has 74 valence electrons. The van der Waals surface area contributed by atoms with Gasteiger partial charge < -0.3 is 5.11 Å². The largest absolute Gasteiger partial charge is 0.382 e. The lowest BCUT2D eigenvalue weighted by Crippen LogP contribution is -2.00. The molecule has 1 unspecified atom stereocenters. The summed E-state index contributed by atoms with van der Waals surface area (Å²) in [5, 5.41) is 15.9. The molecule has 2 aromatic rings. The summed E-state index contributed by atoms with van der Waals surface area (Å²) in [6.07, 6.45) is 1.12. The van der Waals surface area contributed by atoms with E-state index >= 15 is 0 Å². The van der Waals surface area contributed by atoms with E-state index in [-0.39, 0.29) is 0 Å². The molecule has 0 aromatic carbocycles. The lowest BCUT2D eigenvalue weighted by molar-refractivity contribution is 0.215. The third kappa shape index (κ3) is 1.82. The summed E-state index contributed by atoms with van der Waals surface area (Å²) >= 11 is 7.18. The Balaban J connectivity index is 2.28. The lowest BCUT2D eigenvalue weighted by Gasteiger charge is -2.03. The number of hydrogen-bond donors (Lipinski definition) is 1. The summed E-state index contributed by atoms with van der Waals surface area (Å²) in [7, 11) is 1.82. The Hall–Kier alpha value is -0.840. The summed E-state index contributed by atoms with van der Waals surface area (Å²) in [6.45, 7) is 0. The Morgan fingerprint density at radius 2 is 2.43 bits per heavy atom. The van der Waals surface area contributed by atoms with Crippen LogP contribution < -0.4 is 0 Å². The van der Waals surface area contributed by atoms with Crippen molar-refractivity contribution in [2.75, 3.05) is 0 Å². The minimum Gasteiger partial charge on any atom is -0.382 e. The first-order chi connectivity index (χ1) is 6.66. The van der Waals surface area contributed by atoms with Gasteiger partial charge in [0.2, 0.25) is 0 Å². The van der Waals surface area contributed by atoms with Crippen molar-refractivity contribution in [1.29, 1.82) is 0 Å². The molecule has 1 atom stereocenters. The zero-order valence-electron chi connectivity index (χ0n) is 7.51. The predicted molar refractivity (Wildman–Crippen MR) is 56.6 cm³/mol. The number of halogens is 1. The second-order valence-corrected chi connectivity index (χ2v) is 4.54. The van der Waals surface area contributed by atoms with Crippen LogP contribution in [0.5, 0.6) is 0 Å². The molecular weight excluding hydrogens is 220 g/mol. The van der Waals surface area contributed by atoms with Crippen molar-refractivity contribution in [3.05, 3.63) is 39.3 Å². The number of nitrogens with zero attached hydrogens (tertiary/aromatic N) is 2. The first kappa shape index (κ1) is 9.71. The monoisotopic (exact) mass is 228 g/mol. The molecule has 0 spiro atoms. The van der Waals surface area contributed by atoms with Crippen LogP contribution >= 0.6 is 22.9 Å². The zero-order chi connectivity index (χ0) is 10.1. The van der Waals surface area contributed by atoms with Crippen LogP contribution in [0.15, 0.2) is 23.7 Å². The molecule has 1 N–H and O–H groups in total. The van der Waals surface area contributed by atoms with E-state index in [1.54, 1.807) is 23.0 Å². The number of aliphatic hydroxyl groups excluding tert-OH is 1. The van der Waals surface area contributed by atoms with E-state index in [2.05, 4.69) is 5.10 Å². The van der Waals surface area contributed by atoms with Gasteiger partial charge in [0.05, 0.1) is 10.0 Å². The minimum absolute atomic E-state index is 0.641. The SMILES string of the molecule is Cn1ccc(C(O)c2csc(Cl)c2)n1. The molecule has 0 aliphatic heterocycles. The van der Waals surface area contributed by atoms with Crippen molar-refractivity contribution < 1.29 is 5.11 Å². The van der Waals surface area contributed by atoms with Crippen molar-refractivity contribution in [3.63, 3.8) is 0 Å². The normalized spacial score (nSPS) is 13.1. The van der Waals surface area contributed by atoms with Crippen molar-refractivity contribution >= 4 is 22.9 Å². The molecular formula is C9H9ClN2OS. The Morgan fingerprint density at radius 3 is 2.93 bits per heavy atom. The quantitative estimate of drug-likeness (QED) is 0.856. The number of aliphatic hydroxyl groups is 1. The number of aryl methyl sites for hydroxylation is 1. The van der Waals surface area contributed by atoms with Gasteiger partial charge >= 0.3 is 0 Å². The van der Waals surface area contributed by atoms with E-state index in [9.17, 15) is 5.11 Å². The number of hydrogen-bond acceptors (Lipinski definition) is 3. The van der Waals surface area contributed by atoms with Gasteiger partial charge in [-0.1, -0.05) is 11.6 Å². The highest BCUT2D eigenvalue weighted by Gasteiger charge is 2.14. The van der Waals surface area contributed by atoms with E-state index in [0.717, 1.165) is 5.56 Å². The number of thiophene rings is 1. The van der Waals surface area contributed by atoms with Crippen molar-refractivity contribution in [2.45, 2.75) is 6.10 Å². The average molecular weight is 229 g/mol. The summed E-state index contributed by atoms with van der Waals surface area (Å²) in [4.78, 5) is 0. The van der Waals surface area contributed by atoms with Crippen molar-refractivity contribution in [2.24, 2.45) is 7.05 Å². The van der Waals surface area contributed by atoms with Gasteiger partial charge in [-0.3, -0.25) is 4.68 Å². The highest BCUT2D eigenvalue weighted by atomic mass is 35.5. The van der Waals surface area contributed by atoms with E-state index < -0.39 is 6.10 Å². The van der Waals surface area contributed by atoms with Crippen LogP contribution in [-0.4, -0.2) is 14.9 Å². The fourth-order valence-electron chi connectivity index (χ4n) is 1.22. The zero-order valence-corrected chi connectivity index (χ0v) is 9.09. The molecule has 14 heavy (non-hydrogen) atoms. The minimum atomic E-state index is -0.681. The Kier molecular flexibility index (Phi) is 2.58. The summed E-state index contributed by atoms with van der Waals surface area (Å²) in [5.74, 6) is 0. The van der Waals surface area contributed by atoms with Crippen molar-refractivity contribution in [1.82, 2.24) is 9.78 Å². The average Bonchev–Trinajstić information content (AvgIpc) is 2.73. The second-order valence-electron chi connectivity index (χ2n) is 3.00. The van der Waals surface area contributed by atoms with Gasteiger partial charge in [-0.05, 0) is 23.1 Å². The van der Waals surface area contributed by atoms with Gasteiger partial charge in [0.15, 0.2) is 0 Å². The summed E-state index contributed by atoms with van der Waals surface area (Å²) in [5.41, 5.74) is 1.43. The molecule has 0 radical (unpaired) electrons. The maximum absolute atomic E-state index is 9.89. The first-order valence-corrected chi connectivity index (χ1v) is 5.34. The molecule has 0 saturated heterocycles. The van der Waals surface area contributed by atoms with Gasteiger partial charge in [0, 0.05) is 13.2 Å². The molecule has 2 aromatic heterocycles. The van der Waals surface area contributed by atoms with E-state index in [1.807, 2.05) is 12.4 Å². The van der Waals surface area contributed by atoms with Crippen LogP contribution in [0.4, 0.5) is 0 Å². The molecule has 0 saturated carbocycles. The standard InChI is InChI=1S/C9H9ClN2OS/c1-12-3-2-7(11-12)9(13)6-4-8(10)14-5-6/h2-5,9,13H,1H3. The van der Waals surface area contributed by atoms with E-state index in [4.69, 9.17) is 11.6 Å². The van der Waals surface area contributed by atoms with Crippen LogP contribution in [0.3, 0.4) is 0 Å². The Morgan fingerprint density at radius 1 is 1.64 bits per heavy atom. The Labute approximate surface area is 90.6 Å². The molecule has 0 fully saturated rings. The number of rotatable bonds is 2. The maximum Gasteiger partial charge on any atom is 0.124 e. The number of aromatic nitrogens is 2. The lowest BCUT2D eigenvalue weighted by atomic mass is 10.1. The summed E-state index contributed by atoms with van der Waals surface area (Å²) in [6, 6.07) is 3.54. The molecule has 2 rings (SSSR count). The summed E-state index contributed by atoms with van der Waals surface area (Å²) < 4.78 is 2.34. The second kappa shape index (κ2) is 3.73. The first-order valence-electron chi connectivity index (χ1n) is 4.08. The van der Waals surface area contributed by atoms with E-state index in [0.29, 0.717) is 10.0 Å². The fourth-order valence-corrected chi connectivity index (χ4v) is 2.13. The van der Waals surface area contributed by atoms with Crippen LogP contribution in [0.2, 0.25) is 4.34 Å². The molecule has 3 nitrogen and oxygen atoms in total. The molecule has 0 amide bonds. The molecule has 5 heteroatoms. The van der Waals surface area contributed by atoms with Gasteiger partial charge in [0.25, 0.3) is 0 Å². The van der Waals surface area contributed by atoms with Gasteiger partial charge in [-0.25, -0.2) is 0 Å². The third-order valence-electron chi connectivity index (χ3n) is 1.92. The predicted octanol–water partition coefficient (Wildman–Crippen LogP) is 2.22. The van der Waals surface area contributed by atoms with Gasteiger partial charge in [-0.15, -0.1) is 11.3 Å². The topological polar surface area (TPSA) is 38.0 Å². The van der Waals surface area contributed by atoms with Crippen LogP contribution in [0, 0.1) is 0 Å². The molecule has 0 bridgehead atoms. The molecule has 0 aliphatic rings. The maximum atomic E-state index is 9.89. The van der Waals surface area contributed by atoms with Crippen LogP contribution in [0.1, 0.15) is 17.4 Å². The van der Waals surface area contributed by atoms with Gasteiger partial charge in [-0.2, -0.15) is 5.10 Å².